The predicted molar refractivity (Wildman–Crippen MR) is 81.2 cm³/mol. The topological polar surface area (TPSA) is 21.3 Å². The maximum atomic E-state index is 6.05. The van der Waals surface area contributed by atoms with E-state index in [1.165, 1.54) is 17.9 Å². The maximum absolute atomic E-state index is 6.05. The molecule has 1 heterocycles. The molecule has 100 valence electrons. The molecule has 2 rings (SSSR count). The molecular weight excluding hydrogens is 266 g/mol. The third-order valence-electron chi connectivity index (χ3n) is 3.01. The minimum Gasteiger partial charge on any atom is -0.491 e. The van der Waals surface area contributed by atoms with E-state index >= 15 is 0 Å². The summed E-state index contributed by atoms with van der Waals surface area (Å²) in [6.45, 7) is 3.87. The average Bonchev–Trinajstić information content (AvgIpc) is 2.88. The van der Waals surface area contributed by atoms with Gasteiger partial charge in [0.05, 0.1) is 12.3 Å². The summed E-state index contributed by atoms with van der Waals surface area (Å²) in [5.74, 6) is 4.24. The third kappa shape index (κ3) is 3.99. The van der Waals surface area contributed by atoms with E-state index in [9.17, 15) is 0 Å². The van der Waals surface area contributed by atoms with Crippen molar-refractivity contribution in [1.29, 1.82) is 0 Å². The van der Waals surface area contributed by atoms with Gasteiger partial charge in [0.15, 0.2) is 0 Å². The number of halogens is 1. The Morgan fingerprint density at radius 2 is 2.39 bits per heavy atom. The zero-order valence-electron chi connectivity index (χ0n) is 10.7. The van der Waals surface area contributed by atoms with E-state index in [2.05, 4.69) is 12.2 Å². The molecule has 1 aromatic carbocycles. The summed E-state index contributed by atoms with van der Waals surface area (Å²) in [5, 5.41) is 4.23. The number of anilines is 1. The molecule has 0 amide bonds. The van der Waals surface area contributed by atoms with Crippen molar-refractivity contribution < 1.29 is 4.74 Å². The monoisotopic (exact) mass is 285 g/mol. The Kier molecular flexibility index (Phi) is 5.51. The van der Waals surface area contributed by atoms with Crippen LogP contribution in [0.4, 0.5) is 5.69 Å². The summed E-state index contributed by atoms with van der Waals surface area (Å²) < 4.78 is 5.73. The lowest BCUT2D eigenvalue weighted by Gasteiger charge is -2.15. The van der Waals surface area contributed by atoms with Gasteiger partial charge in [-0.25, -0.2) is 0 Å². The van der Waals surface area contributed by atoms with E-state index in [1.54, 1.807) is 0 Å². The van der Waals surface area contributed by atoms with E-state index in [1.807, 2.05) is 30.0 Å². The van der Waals surface area contributed by atoms with Crippen LogP contribution >= 0.6 is 23.4 Å². The molecule has 1 aliphatic rings. The smallest absolute Gasteiger partial charge is 0.142 e. The van der Waals surface area contributed by atoms with Gasteiger partial charge in [-0.3, -0.25) is 0 Å². The third-order valence-corrected chi connectivity index (χ3v) is 4.48. The van der Waals surface area contributed by atoms with Crippen molar-refractivity contribution in [2.24, 2.45) is 5.92 Å². The first-order valence-corrected chi connectivity index (χ1v) is 8.07. The number of ether oxygens (including phenoxy) is 1. The zero-order valence-corrected chi connectivity index (χ0v) is 12.3. The Balaban J connectivity index is 1.97. The number of hydrogen-bond acceptors (Lipinski definition) is 3. The number of rotatable bonds is 6. The molecule has 0 aromatic heterocycles. The van der Waals surface area contributed by atoms with E-state index < -0.39 is 0 Å². The normalized spacial score (nSPS) is 18.9. The SMILES string of the molecule is CCCOc1ccc(Cl)cc1NCC1CCSC1. The van der Waals surface area contributed by atoms with Crippen LogP contribution < -0.4 is 10.1 Å². The molecule has 0 spiro atoms. The molecule has 0 radical (unpaired) electrons. The molecule has 1 fully saturated rings. The van der Waals surface area contributed by atoms with Crippen LogP contribution in [0.5, 0.6) is 5.75 Å². The minimum atomic E-state index is 0.746. The summed E-state index contributed by atoms with van der Waals surface area (Å²) in [5.41, 5.74) is 1.02. The molecule has 1 atom stereocenters. The molecule has 0 aliphatic carbocycles. The van der Waals surface area contributed by atoms with E-state index in [0.29, 0.717) is 0 Å². The van der Waals surface area contributed by atoms with Crippen molar-refractivity contribution in [3.8, 4) is 5.75 Å². The second kappa shape index (κ2) is 7.15. The fourth-order valence-electron chi connectivity index (χ4n) is 1.98. The van der Waals surface area contributed by atoms with Crippen molar-refractivity contribution >= 4 is 29.1 Å². The highest BCUT2D eigenvalue weighted by atomic mass is 35.5. The van der Waals surface area contributed by atoms with Gasteiger partial charge in [0.2, 0.25) is 0 Å². The second-order valence-electron chi connectivity index (χ2n) is 4.60. The first-order chi connectivity index (χ1) is 8.79. The van der Waals surface area contributed by atoms with Gasteiger partial charge in [-0.1, -0.05) is 18.5 Å². The van der Waals surface area contributed by atoms with Gasteiger partial charge in [-0.2, -0.15) is 11.8 Å². The van der Waals surface area contributed by atoms with E-state index in [4.69, 9.17) is 16.3 Å². The van der Waals surface area contributed by atoms with Gasteiger partial charge in [0.25, 0.3) is 0 Å². The van der Waals surface area contributed by atoms with Gasteiger partial charge in [0.1, 0.15) is 5.75 Å². The first-order valence-electron chi connectivity index (χ1n) is 6.53. The molecule has 1 aliphatic heterocycles. The van der Waals surface area contributed by atoms with Crippen molar-refractivity contribution in [2.45, 2.75) is 19.8 Å². The Hall–Kier alpha value is -0.540. The lowest BCUT2D eigenvalue weighted by molar-refractivity contribution is 0.318. The molecule has 1 N–H and O–H groups in total. The summed E-state index contributed by atoms with van der Waals surface area (Å²) in [4.78, 5) is 0. The van der Waals surface area contributed by atoms with Crippen molar-refractivity contribution in [1.82, 2.24) is 0 Å². The Morgan fingerprint density at radius 1 is 1.50 bits per heavy atom. The highest BCUT2D eigenvalue weighted by molar-refractivity contribution is 7.99. The lowest BCUT2D eigenvalue weighted by atomic mass is 10.1. The molecule has 1 unspecified atom stereocenters. The lowest BCUT2D eigenvalue weighted by Crippen LogP contribution is -2.14. The molecule has 18 heavy (non-hydrogen) atoms. The largest absolute Gasteiger partial charge is 0.491 e. The van der Waals surface area contributed by atoms with Crippen LogP contribution in [0.2, 0.25) is 5.02 Å². The fourth-order valence-corrected chi connectivity index (χ4v) is 3.43. The highest BCUT2D eigenvalue weighted by Crippen LogP contribution is 2.30. The van der Waals surface area contributed by atoms with E-state index in [-0.39, 0.29) is 0 Å². The Bertz CT molecular complexity index is 380. The zero-order chi connectivity index (χ0) is 12.8. The van der Waals surface area contributed by atoms with Crippen LogP contribution in [0.15, 0.2) is 18.2 Å². The van der Waals surface area contributed by atoms with Crippen molar-refractivity contribution in [3.05, 3.63) is 23.2 Å². The standard InChI is InChI=1S/C14H20ClNOS/c1-2-6-17-14-4-3-12(15)8-13(14)16-9-11-5-7-18-10-11/h3-4,8,11,16H,2,5-7,9-10H2,1H3. The highest BCUT2D eigenvalue weighted by Gasteiger charge is 2.15. The number of benzene rings is 1. The van der Waals surface area contributed by atoms with Crippen molar-refractivity contribution in [2.75, 3.05) is 30.0 Å². The van der Waals surface area contributed by atoms with Crippen LogP contribution in [0.3, 0.4) is 0 Å². The minimum absolute atomic E-state index is 0.746. The number of thioether (sulfide) groups is 1. The van der Waals surface area contributed by atoms with E-state index in [0.717, 1.165) is 41.9 Å². The summed E-state index contributed by atoms with van der Waals surface area (Å²) >= 11 is 8.09. The molecule has 2 nitrogen and oxygen atoms in total. The van der Waals surface area contributed by atoms with Crippen LogP contribution in [0, 0.1) is 5.92 Å². The summed E-state index contributed by atoms with van der Waals surface area (Å²) in [6.07, 6.45) is 2.32. The molecule has 4 heteroatoms. The van der Waals surface area contributed by atoms with Gasteiger partial charge in [-0.05, 0) is 48.5 Å². The Labute approximate surface area is 118 Å². The van der Waals surface area contributed by atoms with Crippen LogP contribution in [0.25, 0.3) is 0 Å². The molecular formula is C14H20ClNOS. The van der Waals surface area contributed by atoms with Crippen LogP contribution in [-0.2, 0) is 0 Å². The van der Waals surface area contributed by atoms with Crippen molar-refractivity contribution in [3.63, 3.8) is 0 Å². The predicted octanol–water partition coefficient (Wildman–Crippen LogP) is 4.29. The van der Waals surface area contributed by atoms with Gasteiger partial charge in [0, 0.05) is 11.6 Å². The second-order valence-corrected chi connectivity index (χ2v) is 6.19. The number of nitrogens with one attached hydrogen (secondary N) is 1. The number of hydrogen-bond donors (Lipinski definition) is 1. The molecule has 0 saturated carbocycles. The summed E-state index contributed by atoms with van der Waals surface area (Å²) in [6, 6.07) is 5.78. The average molecular weight is 286 g/mol. The van der Waals surface area contributed by atoms with Gasteiger partial charge < -0.3 is 10.1 Å². The van der Waals surface area contributed by atoms with Gasteiger partial charge in [-0.15, -0.1) is 0 Å². The van der Waals surface area contributed by atoms with Crippen LogP contribution in [0.1, 0.15) is 19.8 Å². The quantitative estimate of drug-likeness (QED) is 0.842. The molecule has 1 saturated heterocycles. The summed E-state index contributed by atoms with van der Waals surface area (Å²) in [7, 11) is 0. The first kappa shape index (κ1) is 13.9. The fraction of sp³-hybridized carbons (Fsp3) is 0.571. The van der Waals surface area contributed by atoms with Gasteiger partial charge >= 0.3 is 0 Å². The molecule has 0 bridgehead atoms. The maximum Gasteiger partial charge on any atom is 0.142 e. The molecule has 1 aromatic rings. The van der Waals surface area contributed by atoms with Crippen LogP contribution in [-0.4, -0.2) is 24.7 Å². The Morgan fingerprint density at radius 3 is 3.11 bits per heavy atom.